The van der Waals surface area contributed by atoms with Gasteiger partial charge in [-0.25, -0.2) is 4.39 Å². The van der Waals surface area contributed by atoms with Gasteiger partial charge in [0.15, 0.2) is 0 Å². The lowest BCUT2D eigenvalue weighted by Gasteiger charge is -2.13. The molecule has 0 amide bonds. The van der Waals surface area contributed by atoms with Crippen LogP contribution >= 0.6 is 0 Å². The number of halogens is 1. The maximum atomic E-state index is 13.9. The number of aryl methyl sites for hydroxylation is 2. The predicted molar refractivity (Wildman–Crippen MR) is 94.6 cm³/mol. The van der Waals surface area contributed by atoms with Crippen molar-refractivity contribution in [3.8, 4) is 28.7 Å². The Morgan fingerprint density at radius 1 is 1.12 bits per heavy atom. The molecule has 4 nitrogen and oxygen atoms in total. The second-order valence-electron chi connectivity index (χ2n) is 6.48. The van der Waals surface area contributed by atoms with Gasteiger partial charge in [0.25, 0.3) is 0 Å². The maximum absolute atomic E-state index is 13.9. The number of nitriles is 1. The average Bonchev–Trinajstić information content (AvgIpc) is 3.26. The van der Waals surface area contributed by atoms with Gasteiger partial charge in [-0.1, -0.05) is 11.2 Å². The highest BCUT2D eigenvalue weighted by Crippen LogP contribution is 2.37. The van der Waals surface area contributed by atoms with E-state index in [-0.39, 0.29) is 5.82 Å². The molecule has 2 aromatic carbocycles. The summed E-state index contributed by atoms with van der Waals surface area (Å²) in [6.45, 7) is 3.71. The largest absolute Gasteiger partial charge is 0.456 e. The minimum absolute atomic E-state index is 0.181. The number of ether oxygens (including phenoxy) is 1. The summed E-state index contributed by atoms with van der Waals surface area (Å²) in [5, 5.41) is 13.5. The van der Waals surface area contributed by atoms with Crippen molar-refractivity contribution in [1.29, 1.82) is 5.26 Å². The summed E-state index contributed by atoms with van der Waals surface area (Å²) in [5.41, 5.74) is 4.57. The Hall–Kier alpha value is -3.13. The third-order valence-corrected chi connectivity index (χ3v) is 4.83. The first-order chi connectivity index (χ1) is 12.6. The molecule has 0 spiro atoms. The lowest BCUT2D eigenvalue weighted by molar-refractivity contribution is 0.393. The lowest BCUT2D eigenvalue weighted by Crippen LogP contribution is -1.96. The monoisotopic (exact) mass is 348 g/mol. The van der Waals surface area contributed by atoms with Gasteiger partial charge in [0.05, 0.1) is 11.3 Å². The summed E-state index contributed by atoms with van der Waals surface area (Å²) in [5.74, 6) is 1.61. The Labute approximate surface area is 150 Å². The molecule has 4 rings (SSSR count). The van der Waals surface area contributed by atoms with Crippen LogP contribution in [-0.4, -0.2) is 5.16 Å². The molecule has 0 fully saturated rings. The molecule has 1 aliphatic carbocycles. The molecule has 0 N–H and O–H groups in total. The zero-order valence-electron chi connectivity index (χ0n) is 14.6. The van der Waals surface area contributed by atoms with E-state index in [1.165, 1.54) is 6.07 Å². The van der Waals surface area contributed by atoms with Crippen LogP contribution in [0.25, 0.3) is 11.1 Å². The lowest BCUT2D eigenvalue weighted by atomic mass is 10.0. The van der Waals surface area contributed by atoms with Gasteiger partial charge in [0.1, 0.15) is 29.1 Å². The van der Waals surface area contributed by atoms with Crippen molar-refractivity contribution in [2.75, 3.05) is 0 Å². The molecule has 0 aliphatic heterocycles. The Bertz CT molecular complexity index is 1030. The minimum Gasteiger partial charge on any atom is -0.456 e. The number of hydrogen-bond acceptors (Lipinski definition) is 4. The van der Waals surface area contributed by atoms with E-state index in [0.29, 0.717) is 22.8 Å². The Morgan fingerprint density at radius 3 is 2.62 bits per heavy atom. The van der Waals surface area contributed by atoms with Crippen molar-refractivity contribution < 1.29 is 13.7 Å². The van der Waals surface area contributed by atoms with Crippen LogP contribution in [0.15, 0.2) is 34.9 Å². The van der Waals surface area contributed by atoms with Crippen LogP contribution in [0.4, 0.5) is 4.39 Å². The topological polar surface area (TPSA) is 59.1 Å². The fraction of sp³-hybridized carbons (Fsp3) is 0.238. The van der Waals surface area contributed by atoms with Crippen LogP contribution in [0.5, 0.6) is 11.5 Å². The summed E-state index contributed by atoms with van der Waals surface area (Å²) in [6.07, 6.45) is 2.44. The van der Waals surface area contributed by atoms with Crippen molar-refractivity contribution >= 4 is 0 Å². The van der Waals surface area contributed by atoms with Crippen molar-refractivity contribution in [3.05, 3.63) is 64.3 Å². The average molecular weight is 348 g/mol. The molecule has 0 unspecified atom stereocenters. The zero-order valence-corrected chi connectivity index (χ0v) is 14.6. The summed E-state index contributed by atoms with van der Waals surface area (Å²) >= 11 is 0. The second kappa shape index (κ2) is 6.30. The van der Waals surface area contributed by atoms with E-state index in [0.717, 1.165) is 47.2 Å². The van der Waals surface area contributed by atoms with Gasteiger partial charge in [0, 0.05) is 11.1 Å². The molecule has 0 bridgehead atoms. The molecule has 0 saturated heterocycles. The molecule has 0 saturated carbocycles. The Morgan fingerprint density at radius 2 is 1.88 bits per heavy atom. The van der Waals surface area contributed by atoms with Gasteiger partial charge in [-0.15, -0.1) is 0 Å². The second-order valence-corrected chi connectivity index (χ2v) is 6.48. The first-order valence-electron chi connectivity index (χ1n) is 8.54. The number of hydrogen-bond donors (Lipinski definition) is 0. The maximum Gasteiger partial charge on any atom is 0.145 e. The number of nitrogens with zero attached hydrogens (tertiary/aromatic N) is 2. The van der Waals surface area contributed by atoms with Crippen LogP contribution in [0, 0.1) is 31.0 Å². The van der Waals surface area contributed by atoms with Crippen LogP contribution in [-0.2, 0) is 12.8 Å². The Balaban J connectivity index is 1.73. The molecular formula is C21H17FN2O2. The molecular weight excluding hydrogens is 331 g/mol. The molecule has 0 atom stereocenters. The van der Waals surface area contributed by atoms with Gasteiger partial charge >= 0.3 is 0 Å². The number of benzene rings is 2. The first-order valence-corrected chi connectivity index (χ1v) is 8.54. The molecule has 1 heterocycles. The summed E-state index contributed by atoms with van der Waals surface area (Å²) in [4.78, 5) is 0. The molecule has 5 heteroatoms. The molecule has 1 aromatic heterocycles. The molecule has 130 valence electrons. The fourth-order valence-electron chi connectivity index (χ4n) is 3.60. The third-order valence-electron chi connectivity index (χ3n) is 4.83. The van der Waals surface area contributed by atoms with Gasteiger partial charge < -0.3 is 9.26 Å². The van der Waals surface area contributed by atoms with E-state index >= 15 is 0 Å². The molecule has 26 heavy (non-hydrogen) atoms. The summed E-state index contributed by atoms with van der Waals surface area (Å²) < 4.78 is 25.1. The zero-order chi connectivity index (χ0) is 18.3. The standard InChI is InChI=1S/C21H17FN2O2/c1-12-21(13(2)26-24-12)14-6-8-19(15(10-14)11-23)25-20-9-7-18(22)16-4-3-5-17(16)20/h6-10H,3-5H2,1-2H3. The molecule has 0 radical (unpaired) electrons. The van der Waals surface area contributed by atoms with Gasteiger partial charge in [0.2, 0.25) is 0 Å². The van der Waals surface area contributed by atoms with E-state index in [1.807, 2.05) is 19.9 Å². The minimum atomic E-state index is -0.181. The van der Waals surface area contributed by atoms with E-state index in [1.54, 1.807) is 18.2 Å². The molecule has 3 aromatic rings. The quantitative estimate of drug-likeness (QED) is 0.648. The first kappa shape index (κ1) is 16.3. The SMILES string of the molecule is Cc1noc(C)c1-c1ccc(Oc2ccc(F)c3c2CCC3)c(C#N)c1. The number of rotatable bonds is 3. The van der Waals surface area contributed by atoms with Gasteiger partial charge in [-0.05, 0) is 68.5 Å². The molecule has 1 aliphatic rings. The Kier molecular flexibility index (Phi) is 3.96. The van der Waals surface area contributed by atoms with E-state index in [9.17, 15) is 9.65 Å². The smallest absolute Gasteiger partial charge is 0.145 e. The number of fused-ring (bicyclic) bond motifs is 1. The van der Waals surface area contributed by atoms with Gasteiger partial charge in [-0.2, -0.15) is 5.26 Å². The van der Waals surface area contributed by atoms with E-state index in [4.69, 9.17) is 9.26 Å². The van der Waals surface area contributed by atoms with E-state index in [2.05, 4.69) is 11.2 Å². The van der Waals surface area contributed by atoms with Gasteiger partial charge in [-0.3, -0.25) is 0 Å². The van der Waals surface area contributed by atoms with Crippen LogP contribution in [0.3, 0.4) is 0 Å². The predicted octanol–water partition coefficient (Wildman–Crippen LogP) is 5.25. The highest BCUT2D eigenvalue weighted by atomic mass is 19.1. The summed E-state index contributed by atoms with van der Waals surface area (Å²) in [7, 11) is 0. The van der Waals surface area contributed by atoms with Crippen molar-refractivity contribution in [1.82, 2.24) is 5.16 Å². The normalized spacial score (nSPS) is 12.7. The summed E-state index contributed by atoms with van der Waals surface area (Å²) in [6, 6.07) is 10.7. The highest BCUT2D eigenvalue weighted by Gasteiger charge is 2.21. The fourth-order valence-corrected chi connectivity index (χ4v) is 3.60. The van der Waals surface area contributed by atoms with Crippen molar-refractivity contribution in [2.45, 2.75) is 33.1 Å². The highest BCUT2D eigenvalue weighted by molar-refractivity contribution is 5.70. The third kappa shape index (κ3) is 2.64. The van der Waals surface area contributed by atoms with Crippen LogP contribution in [0.1, 0.15) is 34.6 Å². The van der Waals surface area contributed by atoms with Crippen molar-refractivity contribution in [3.63, 3.8) is 0 Å². The number of aromatic nitrogens is 1. The van der Waals surface area contributed by atoms with Crippen LogP contribution < -0.4 is 4.74 Å². The van der Waals surface area contributed by atoms with Crippen LogP contribution in [0.2, 0.25) is 0 Å². The van der Waals surface area contributed by atoms with E-state index < -0.39 is 0 Å². The van der Waals surface area contributed by atoms with Crippen molar-refractivity contribution in [2.24, 2.45) is 0 Å².